The van der Waals surface area contributed by atoms with Crippen molar-refractivity contribution in [3.63, 3.8) is 0 Å². The topological polar surface area (TPSA) is 37.3 Å². The van der Waals surface area contributed by atoms with Gasteiger partial charge in [-0.2, -0.15) is 0 Å². The smallest absolute Gasteiger partial charge is 0.309 e. The van der Waals surface area contributed by atoms with E-state index in [1.54, 1.807) is 0 Å². The van der Waals surface area contributed by atoms with E-state index >= 15 is 0 Å². The lowest BCUT2D eigenvalue weighted by molar-refractivity contribution is -0.164. The third-order valence-corrected chi connectivity index (χ3v) is 6.41. The van der Waals surface area contributed by atoms with Gasteiger partial charge in [-0.15, -0.1) is 6.58 Å². The molecule has 0 aliphatic heterocycles. The summed E-state index contributed by atoms with van der Waals surface area (Å²) < 4.78 is 0. The molecule has 0 amide bonds. The number of carboxylic acids is 1. The third-order valence-electron chi connectivity index (χ3n) is 6.41. The first-order chi connectivity index (χ1) is 9.86. The molecule has 2 fully saturated rings. The Hall–Kier alpha value is -1.05. The molecular weight excluding hydrogens is 260 g/mol. The molecule has 0 aromatic heterocycles. The normalized spacial score (nSPS) is 39.6. The highest BCUT2D eigenvalue weighted by molar-refractivity contribution is 5.75. The minimum Gasteiger partial charge on any atom is -0.481 e. The van der Waals surface area contributed by atoms with Crippen molar-refractivity contribution in [3.05, 3.63) is 24.8 Å². The molecule has 2 saturated carbocycles. The molecule has 0 heterocycles. The quantitative estimate of drug-likeness (QED) is 0.557. The van der Waals surface area contributed by atoms with Crippen LogP contribution < -0.4 is 0 Å². The lowest BCUT2D eigenvalue weighted by Gasteiger charge is -2.57. The van der Waals surface area contributed by atoms with Crippen LogP contribution in [-0.4, -0.2) is 11.1 Å². The van der Waals surface area contributed by atoms with E-state index in [1.165, 1.54) is 5.57 Å². The molecule has 0 unspecified atom stereocenters. The second kappa shape index (κ2) is 5.98. The molecule has 0 spiro atoms. The van der Waals surface area contributed by atoms with E-state index in [1.807, 2.05) is 13.0 Å². The summed E-state index contributed by atoms with van der Waals surface area (Å²) in [6.07, 6.45) is 10.3. The molecule has 1 N–H and O–H groups in total. The molecule has 21 heavy (non-hydrogen) atoms. The van der Waals surface area contributed by atoms with Crippen LogP contribution >= 0.6 is 0 Å². The third kappa shape index (κ3) is 2.69. The van der Waals surface area contributed by atoms with Crippen molar-refractivity contribution in [2.24, 2.45) is 22.7 Å². The number of allylic oxidation sites excluding steroid dienone is 2. The maximum absolute atomic E-state index is 11.9. The first-order valence-corrected chi connectivity index (χ1v) is 8.38. The van der Waals surface area contributed by atoms with Gasteiger partial charge >= 0.3 is 5.97 Å². The summed E-state index contributed by atoms with van der Waals surface area (Å²) in [6.45, 7) is 12.4. The van der Waals surface area contributed by atoms with Gasteiger partial charge in [0.05, 0.1) is 5.41 Å². The van der Waals surface area contributed by atoms with Crippen LogP contribution in [0.4, 0.5) is 0 Å². The largest absolute Gasteiger partial charge is 0.481 e. The van der Waals surface area contributed by atoms with Crippen molar-refractivity contribution >= 4 is 5.97 Å². The standard InChI is InChI=1S/C19H30O2/c1-5-6-7-9-15-14(2)10-11-16-18(15,3)12-8-13-19(16,4)17(20)21/h5,15-16H,1-2,6-13H2,3-4H3,(H,20,21)/t15-,16-,18-,19+/m1/s1. The van der Waals surface area contributed by atoms with Crippen LogP contribution in [0.25, 0.3) is 0 Å². The van der Waals surface area contributed by atoms with E-state index in [9.17, 15) is 9.90 Å². The Morgan fingerprint density at radius 1 is 1.43 bits per heavy atom. The van der Waals surface area contributed by atoms with Gasteiger partial charge in [-0.3, -0.25) is 4.79 Å². The summed E-state index contributed by atoms with van der Waals surface area (Å²) in [5.74, 6) is 0.168. The highest BCUT2D eigenvalue weighted by Gasteiger charge is 2.57. The Morgan fingerprint density at radius 3 is 2.76 bits per heavy atom. The molecule has 2 aliphatic rings. The van der Waals surface area contributed by atoms with Crippen molar-refractivity contribution < 1.29 is 9.90 Å². The van der Waals surface area contributed by atoms with E-state index in [-0.39, 0.29) is 11.3 Å². The molecule has 0 aromatic carbocycles. The molecular formula is C19H30O2. The van der Waals surface area contributed by atoms with Gasteiger partial charge in [0.1, 0.15) is 0 Å². The predicted octanol–water partition coefficient (Wildman–Crippen LogP) is 5.21. The van der Waals surface area contributed by atoms with E-state index < -0.39 is 11.4 Å². The van der Waals surface area contributed by atoms with Gasteiger partial charge < -0.3 is 5.11 Å². The Morgan fingerprint density at radius 2 is 2.14 bits per heavy atom. The zero-order valence-corrected chi connectivity index (χ0v) is 13.7. The Kier molecular flexibility index (Phi) is 4.65. The monoisotopic (exact) mass is 290 g/mol. The molecule has 0 radical (unpaired) electrons. The van der Waals surface area contributed by atoms with Gasteiger partial charge in [0, 0.05) is 0 Å². The number of carboxylic acid groups (broad SMARTS) is 1. The number of rotatable bonds is 5. The van der Waals surface area contributed by atoms with Gasteiger partial charge in [-0.1, -0.05) is 31.6 Å². The van der Waals surface area contributed by atoms with Crippen molar-refractivity contribution in [2.45, 2.75) is 65.2 Å². The number of carbonyl (C=O) groups is 1. The van der Waals surface area contributed by atoms with E-state index in [4.69, 9.17) is 0 Å². The maximum atomic E-state index is 11.9. The van der Waals surface area contributed by atoms with Gasteiger partial charge in [0.25, 0.3) is 0 Å². The Balaban J connectivity index is 2.28. The van der Waals surface area contributed by atoms with Crippen LogP contribution in [0.2, 0.25) is 0 Å². The number of unbranched alkanes of at least 4 members (excludes halogenated alkanes) is 1. The number of fused-ring (bicyclic) bond motifs is 1. The first kappa shape index (κ1) is 16.3. The van der Waals surface area contributed by atoms with Gasteiger partial charge in [-0.25, -0.2) is 0 Å². The minimum atomic E-state index is -0.601. The van der Waals surface area contributed by atoms with E-state index in [0.717, 1.165) is 51.4 Å². The maximum Gasteiger partial charge on any atom is 0.309 e. The molecule has 0 bridgehead atoms. The fourth-order valence-electron chi connectivity index (χ4n) is 5.20. The highest BCUT2D eigenvalue weighted by atomic mass is 16.4. The number of hydrogen-bond donors (Lipinski definition) is 1. The van der Waals surface area contributed by atoms with Crippen LogP contribution in [0.3, 0.4) is 0 Å². The summed E-state index contributed by atoms with van der Waals surface area (Å²) in [6, 6.07) is 0. The average Bonchev–Trinajstić information content (AvgIpc) is 2.41. The second-order valence-corrected chi connectivity index (χ2v) is 7.60. The van der Waals surface area contributed by atoms with Gasteiger partial charge in [0.15, 0.2) is 0 Å². The Bertz CT molecular complexity index is 439. The molecule has 118 valence electrons. The molecule has 2 nitrogen and oxygen atoms in total. The predicted molar refractivity (Wildman–Crippen MR) is 87.1 cm³/mol. The second-order valence-electron chi connectivity index (χ2n) is 7.60. The lowest BCUT2D eigenvalue weighted by atomic mass is 9.46. The summed E-state index contributed by atoms with van der Waals surface area (Å²) in [4.78, 5) is 11.9. The molecule has 0 saturated heterocycles. The van der Waals surface area contributed by atoms with E-state index in [0.29, 0.717) is 5.92 Å². The summed E-state index contributed by atoms with van der Waals surface area (Å²) >= 11 is 0. The van der Waals surface area contributed by atoms with Crippen molar-refractivity contribution in [2.75, 3.05) is 0 Å². The van der Waals surface area contributed by atoms with Crippen LogP contribution in [-0.2, 0) is 4.79 Å². The van der Waals surface area contributed by atoms with Crippen LogP contribution in [0, 0.1) is 22.7 Å². The van der Waals surface area contributed by atoms with Crippen molar-refractivity contribution in [1.82, 2.24) is 0 Å². The molecule has 2 rings (SSSR count). The van der Waals surface area contributed by atoms with Gasteiger partial charge in [0.2, 0.25) is 0 Å². The SMILES string of the molecule is C=CCCC[C@@H]1C(=C)CC[C@@H]2[C@]1(C)CCC[C@]2(C)C(=O)O. The number of aliphatic carboxylic acids is 1. The fraction of sp³-hybridized carbons (Fsp3) is 0.737. The fourth-order valence-corrected chi connectivity index (χ4v) is 5.20. The number of hydrogen-bond acceptors (Lipinski definition) is 1. The summed E-state index contributed by atoms with van der Waals surface area (Å²) in [5, 5.41) is 9.78. The molecule has 4 atom stereocenters. The van der Waals surface area contributed by atoms with Crippen LogP contribution in [0.1, 0.15) is 65.2 Å². The lowest BCUT2D eigenvalue weighted by Crippen LogP contribution is -2.53. The zero-order valence-electron chi connectivity index (χ0n) is 13.7. The molecule has 2 aliphatic carbocycles. The van der Waals surface area contributed by atoms with E-state index in [2.05, 4.69) is 20.1 Å². The highest BCUT2D eigenvalue weighted by Crippen LogP contribution is 2.61. The Labute approximate surface area is 129 Å². The summed E-state index contributed by atoms with van der Waals surface area (Å²) in [7, 11) is 0. The minimum absolute atomic E-state index is 0.113. The van der Waals surface area contributed by atoms with Crippen LogP contribution in [0.5, 0.6) is 0 Å². The first-order valence-electron chi connectivity index (χ1n) is 8.38. The average molecular weight is 290 g/mol. The molecule has 0 aromatic rings. The zero-order chi connectivity index (χ0) is 15.7. The summed E-state index contributed by atoms with van der Waals surface area (Å²) in [5.41, 5.74) is 0.916. The van der Waals surface area contributed by atoms with Gasteiger partial charge in [-0.05, 0) is 69.1 Å². The van der Waals surface area contributed by atoms with Crippen molar-refractivity contribution in [3.8, 4) is 0 Å². The molecule has 2 heteroatoms. The van der Waals surface area contributed by atoms with Crippen molar-refractivity contribution in [1.29, 1.82) is 0 Å². The van der Waals surface area contributed by atoms with Crippen LogP contribution in [0.15, 0.2) is 24.8 Å².